The summed E-state index contributed by atoms with van der Waals surface area (Å²) < 4.78 is 0. The van der Waals surface area contributed by atoms with Crippen molar-refractivity contribution in [3.8, 4) is 5.75 Å². The number of amides is 1. The number of para-hydroxylation sites is 2. The largest absolute Gasteiger partial charge is 0.506 e. The Balaban J connectivity index is 0.00000180. The molecule has 3 N–H and O–H groups in total. The molecular formula is C13H20ClN3O2. The van der Waals surface area contributed by atoms with Crippen LogP contribution < -0.4 is 10.6 Å². The van der Waals surface area contributed by atoms with Crippen molar-refractivity contribution in [1.82, 2.24) is 4.90 Å². The van der Waals surface area contributed by atoms with Gasteiger partial charge >= 0.3 is 0 Å². The number of aromatic hydroxyl groups is 1. The van der Waals surface area contributed by atoms with E-state index >= 15 is 0 Å². The molecule has 1 aromatic carbocycles. The van der Waals surface area contributed by atoms with Crippen LogP contribution in [0.3, 0.4) is 0 Å². The van der Waals surface area contributed by atoms with Crippen molar-refractivity contribution < 1.29 is 9.90 Å². The summed E-state index contributed by atoms with van der Waals surface area (Å²) in [6.07, 6.45) is 0. The van der Waals surface area contributed by atoms with Gasteiger partial charge in [-0.05, 0) is 19.1 Å². The molecule has 0 aliphatic carbocycles. The van der Waals surface area contributed by atoms with Crippen LogP contribution in [-0.2, 0) is 4.79 Å². The van der Waals surface area contributed by atoms with Gasteiger partial charge in [0.05, 0.1) is 11.7 Å². The summed E-state index contributed by atoms with van der Waals surface area (Å²) in [7, 11) is 0. The summed E-state index contributed by atoms with van der Waals surface area (Å²) in [4.78, 5) is 15.6. The van der Waals surface area contributed by atoms with Crippen LogP contribution in [0.2, 0.25) is 0 Å². The molecule has 106 valence electrons. The fourth-order valence-electron chi connectivity index (χ4n) is 2.19. The van der Waals surface area contributed by atoms with Crippen LogP contribution in [-0.4, -0.2) is 48.1 Å². The highest BCUT2D eigenvalue weighted by atomic mass is 35.5. The van der Waals surface area contributed by atoms with Crippen LogP contribution >= 0.6 is 12.4 Å². The monoisotopic (exact) mass is 285 g/mol. The summed E-state index contributed by atoms with van der Waals surface area (Å²) in [6, 6.07) is 6.82. The molecule has 1 heterocycles. The Bertz CT molecular complexity index is 432. The maximum Gasteiger partial charge on any atom is 0.239 e. The Hall–Kier alpha value is -1.46. The van der Waals surface area contributed by atoms with Crippen molar-refractivity contribution >= 4 is 24.0 Å². The van der Waals surface area contributed by atoms with E-state index in [1.54, 1.807) is 24.0 Å². The minimum atomic E-state index is -0.443. The van der Waals surface area contributed by atoms with Crippen LogP contribution in [0.5, 0.6) is 5.75 Å². The molecule has 0 spiro atoms. The Labute approximate surface area is 119 Å². The minimum Gasteiger partial charge on any atom is -0.506 e. The highest BCUT2D eigenvalue weighted by Crippen LogP contribution is 2.27. The number of rotatable bonds is 2. The third kappa shape index (κ3) is 3.52. The lowest BCUT2D eigenvalue weighted by Gasteiger charge is -2.36. The molecule has 19 heavy (non-hydrogen) atoms. The number of piperazine rings is 1. The van der Waals surface area contributed by atoms with Gasteiger partial charge in [0.25, 0.3) is 0 Å². The van der Waals surface area contributed by atoms with E-state index in [-0.39, 0.29) is 24.1 Å². The molecular weight excluding hydrogens is 266 g/mol. The van der Waals surface area contributed by atoms with E-state index in [0.29, 0.717) is 13.1 Å². The number of halogens is 1. The maximum atomic E-state index is 11.7. The molecule has 0 bridgehead atoms. The Morgan fingerprint density at radius 3 is 2.37 bits per heavy atom. The molecule has 1 aliphatic rings. The summed E-state index contributed by atoms with van der Waals surface area (Å²) in [5.41, 5.74) is 6.42. The van der Waals surface area contributed by atoms with Gasteiger partial charge in [-0.25, -0.2) is 0 Å². The first kappa shape index (κ1) is 15.6. The topological polar surface area (TPSA) is 69.8 Å². The average Bonchev–Trinajstić information content (AvgIpc) is 2.38. The van der Waals surface area contributed by atoms with Crippen molar-refractivity contribution in [1.29, 1.82) is 0 Å². The van der Waals surface area contributed by atoms with Gasteiger partial charge in [-0.15, -0.1) is 12.4 Å². The minimum absolute atomic E-state index is 0. The number of hydrogen-bond donors (Lipinski definition) is 2. The standard InChI is InChI=1S/C13H19N3O2.ClH/c1-10(14)13(18)16-8-6-15(7-9-16)11-4-2-3-5-12(11)17;/h2-5,10,17H,6-9,14H2,1H3;1H. The second-order valence-corrected chi connectivity index (χ2v) is 4.59. The molecule has 1 fully saturated rings. The predicted octanol–water partition coefficient (Wildman–Crippen LogP) is 0.810. The van der Waals surface area contributed by atoms with Gasteiger partial charge in [-0.2, -0.15) is 0 Å². The van der Waals surface area contributed by atoms with E-state index < -0.39 is 6.04 Å². The first-order chi connectivity index (χ1) is 8.59. The maximum absolute atomic E-state index is 11.7. The van der Waals surface area contributed by atoms with E-state index in [4.69, 9.17) is 5.73 Å². The number of phenols is 1. The first-order valence-electron chi connectivity index (χ1n) is 6.17. The number of carbonyl (C=O) groups is 1. The number of hydrogen-bond acceptors (Lipinski definition) is 4. The van der Waals surface area contributed by atoms with Gasteiger partial charge in [0.2, 0.25) is 5.91 Å². The van der Waals surface area contributed by atoms with E-state index in [1.165, 1.54) is 0 Å². The average molecular weight is 286 g/mol. The van der Waals surface area contributed by atoms with Gasteiger partial charge < -0.3 is 20.6 Å². The van der Waals surface area contributed by atoms with Crippen LogP contribution in [0, 0.1) is 0 Å². The summed E-state index contributed by atoms with van der Waals surface area (Å²) >= 11 is 0. The Morgan fingerprint density at radius 2 is 1.84 bits per heavy atom. The van der Waals surface area contributed by atoms with E-state index in [2.05, 4.69) is 4.90 Å². The Kier molecular flexibility index (Phi) is 5.44. The number of nitrogens with two attached hydrogens (primary N) is 1. The van der Waals surface area contributed by atoms with Gasteiger partial charge in [0.15, 0.2) is 0 Å². The molecule has 1 saturated heterocycles. The lowest BCUT2D eigenvalue weighted by molar-refractivity contribution is -0.132. The molecule has 2 rings (SSSR count). The number of phenolic OH excluding ortho intramolecular Hbond substituents is 1. The van der Waals surface area contributed by atoms with Crippen molar-refractivity contribution in [2.24, 2.45) is 5.73 Å². The number of carbonyl (C=O) groups excluding carboxylic acids is 1. The molecule has 6 heteroatoms. The number of anilines is 1. The summed E-state index contributed by atoms with van der Waals surface area (Å²) in [6.45, 7) is 4.44. The smallest absolute Gasteiger partial charge is 0.239 e. The van der Waals surface area contributed by atoms with Crippen molar-refractivity contribution in [3.63, 3.8) is 0 Å². The van der Waals surface area contributed by atoms with Crippen LogP contribution in [0.1, 0.15) is 6.92 Å². The Morgan fingerprint density at radius 1 is 1.26 bits per heavy atom. The third-order valence-electron chi connectivity index (χ3n) is 3.20. The lowest BCUT2D eigenvalue weighted by Crippen LogP contribution is -2.52. The highest BCUT2D eigenvalue weighted by Gasteiger charge is 2.23. The molecule has 0 radical (unpaired) electrons. The molecule has 1 atom stereocenters. The lowest BCUT2D eigenvalue weighted by atomic mass is 10.2. The quantitative estimate of drug-likeness (QED) is 0.844. The summed E-state index contributed by atoms with van der Waals surface area (Å²) in [5.74, 6) is 0.274. The van der Waals surface area contributed by atoms with Crippen molar-refractivity contribution in [3.05, 3.63) is 24.3 Å². The second kappa shape index (κ2) is 6.63. The van der Waals surface area contributed by atoms with Gasteiger partial charge in [-0.1, -0.05) is 12.1 Å². The predicted molar refractivity (Wildman–Crippen MR) is 77.8 cm³/mol. The molecule has 1 aliphatic heterocycles. The molecule has 1 amide bonds. The molecule has 0 aromatic heterocycles. The normalized spacial score (nSPS) is 16.7. The van der Waals surface area contributed by atoms with Crippen LogP contribution in [0.4, 0.5) is 5.69 Å². The number of benzene rings is 1. The summed E-state index contributed by atoms with van der Waals surface area (Å²) in [5, 5.41) is 9.78. The second-order valence-electron chi connectivity index (χ2n) is 4.59. The van der Waals surface area contributed by atoms with E-state index in [9.17, 15) is 9.90 Å². The molecule has 5 nitrogen and oxygen atoms in total. The zero-order valence-electron chi connectivity index (χ0n) is 11.0. The first-order valence-corrected chi connectivity index (χ1v) is 6.17. The molecule has 0 saturated carbocycles. The fourth-order valence-corrected chi connectivity index (χ4v) is 2.19. The van der Waals surface area contributed by atoms with Crippen molar-refractivity contribution in [2.45, 2.75) is 13.0 Å². The highest BCUT2D eigenvalue weighted by molar-refractivity contribution is 5.85. The fraction of sp³-hybridized carbons (Fsp3) is 0.462. The number of nitrogens with zero attached hydrogens (tertiary/aromatic N) is 2. The van der Waals surface area contributed by atoms with E-state index in [1.807, 2.05) is 12.1 Å². The van der Waals surface area contributed by atoms with Gasteiger partial charge in [0.1, 0.15) is 5.75 Å². The molecule has 1 unspecified atom stereocenters. The van der Waals surface area contributed by atoms with Gasteiger partial charge in [-0.3, -0.25) is 4.79 Å². The third-order valence-corrected chi connectivity index (χ3v) is 3.20. The molecule has 1 aromatic rings. The zero-order chi connectivity index (χ0) is 13.1. The van der Waals surface area contributed by atoms with Crippen LogP contribution in [0.15, 0.2) is 24.3 Å². The zero-order valence-corrected chi connectivity index (χ0v) is 11.8. The SMILES string of the molecule is CC(N)C(=O)N1CCN(c2ccccc2O)CC1.Cl. The van der Waals surface area contributed by atoms with Gasteiger partial charge in [0, 0.05) is 26.2 Å². The van der Waals surface area contributed by atoms with E-state index in [0.717, 1.165) is 18.8 Å². The van der Waals surface area contributed by atoms with Crippen molar-refractivity contribution in [2.75, 3.05) is 31.1 Å². The van der Waals surface area contributed by atoms with Crippen LogP contribution in [0.25, 0.3) is 0 Å².